The summed E-state index contributed by atoms with van der Waals surface area (Å²) in [5, 5.41) is 5.47. The van der Waals surface area contributed by atoms with Gasteiger partial charge in [-0.3, -0.25) is 4.98 Å². The lowest BCUT2D eigenvalue weighted by atomic mass is 10.0. The van der Waals surface area contributed by atoms with Gasteiger partial charge in [-0.05, 0) is 47.9 Å². The quantitative estimate of drug-likeness (QED) is 0.569. The van der Waals surface area contributed by atoms with E-state index in [-0.39, 0.29) is 0 Å². The van der Waals surface area contributed by atoms with Crippen molar-refractivity contribution in [2.45, 2.75) is 6.42 Å². The highest BCUT2D eigenvalue weighted by atomic mass is 15.3. The molecule has 0 aliphatic carbocycles. The standard InChI is InChI=1S/C19H15N3/c1-2-5-19-18(4-1)16(10-12-20-19)14-15-6-8-17(9-7-15)22-13-3-11-21-22/h1-13H,14H2. The average molecular weight is 285 g/mol. The Hall–Kier alpha value is -2.94. The number of benzene rings is 2. The molecule has 0 aliphatic heterocycles. The summed E-state index contributed by atoms with van der Waals surface area (Å²) in [7, 11) is 0. The van der Waals surface area contributed by atoms with Crippen LogP contribution in [0.15, 0.2) is 79.3 Å². The van der Waals surface area contributed by atoms with E-state index in [1.165, 1.54) is 16.5 Å². The van der Waals surface area contributed by atoms with Gasteiger partial charge in [-0.2, -0.15) is 5.10 Å². The summed E-state index contributed by atoms with van der Waals surface area (Å²) in [6.07, 6.45) is 6.53. The highest BCUT2D eigenvalue weighted by Crippen LogP contribution is 2.20. The van der Waals surface area contributed by atoms with Crippen LogP contribution in [0.3, 0.4) is 0 Å². The molecule has 0 aliphatic rings. The Kier molecular flexibility index (Phi) is 3.16. The molecular weight excluding hydrogens is 270 g/mol. The van der Waals surface area contributed by atoms with E-state index in [9.17, 15) is 0 Å². The Morgan fingerprint density at radius 2 is 1.68 bits per heavy atom. The summed E-state index contributed by atoms with van der Waals surface area (Å²) in [4.78, 5) is 4.42. The Morgan fingerprint density at radius 1 is 0.818 bits per heavy atom. The summed E-state index contributed by atoms with van der Waals surface area (Å²) < 4.78 is 1.87. The number of fused-ring (bicyclic) bond motifs is 1. The van der Waals surface area contributed by atoms with Gasteiger partial charge in [-0.1, -0.05) is 30.3 Å². The van der Waals surface area contributed by atoms with E-state index in [1.54, 1.807) is 6.20 Å². The zero-order valence-corrected chi connectivity index (χ0v) is 12.1. The van der Waals surface area contributed by atoms with Gasteiger partial charge in [0.2, 0.25) is 0 Å². The highest BCUT2D eigenvalue weighted by Gasteiger charge is 2.03. The van der Waals surface area contributed by atoms with Gasteiger partial charge in [-0.25, -0.2) is 4.68 Å². The zero-order valence-electron chi connectivity index (χ0n) is 12.1. The maximum atomic E-state index is 4.42. The fraction of sp³-hybridized carbons (Fsp3) is 0.0526. The predicted octanol–water partition coefficient (Wildman–Crippen LogP) is 4.01. The first-order valence-electron chi connectivity index (χ1n) is 7.32. The van der Waals surface area contributed by atoms with Crippen LogP contribution < -0.4 is 0 Å². The molecule has 4 rings (SSSR count). The summed E-state index contributed by atoms with van der Waals surface area (Å²) >= 11 is 0. The zero-order chi connectivity index (χ0) is 14.8. The van der Waals surface area contributed by atoms with Crippen LogP contribution in [0.25, 0.3) is 16.6 Å². The fourth-order valence-electron chi connectivity index (χ4n) is 2.72. The van der Waals surface area contributed by atoms with Crippen molar-refractivity contribution in [2.75, 3.05) is 0 Å². The molecule has 0 radical (unpaired) electrons. The van der Waals surface area contributed by atoms with E-state index >= 15 is 0 Å². The van der Waals surface area contributed by atoms with Crippen LogP contribution in [0.5, 0.6) is 0 Å². The summed E-state index contributed by atoms with van der Waals surface area (Å²) in [5.74, 6) is 0. The van der Waals surface area contributed by atoms with Gasteiger partial charge >= 0.3 is 0 Å². The molecule has 0 atom stereocenters. The van der Waals surface area contributed by atoms with Crippen molar-refractivity contribution >= 4 is 10.9 Å². The second-order valence-corrected chi connectivity index (χ2v) is 5.28. The lowest BCUT2D eigenvalue weighted by molar-refractivity contribution is 0.879. The molecule has 0 unspecified atom stereocenters. The monoisotopic (exact) mass is 285 g/mol. The maximum Gasteiger partial charge on any atom is 0.0704 e. The van der Waals surface area contributed by atoms with Crippen molar-refractivity contribution in [2.24, 2.45) is 0 Å². The van der Waals surface area contributed by atoms with Crippen LogP contribution in [0, 0.1) is 0 Å². The first-order valence-corrected chi connectivity index (χ1v) is 7.32. The van der Waals surface area contributed by atoms with Crippen molar-refractivity contribution in [1.29, 1.82) is 0 Å². The van der Waals surface area contributed by atoms with E-state index in [2.05, 4.69) is 58.6 Å². The minimum atomic E-state index is 0.905. The number of rotatable bonds is 3. The van der Waals surface area contributed by atoms with Crippen LogP contribution in [0.1, 0.15) is 11.1 Å². The molecule has 2 heterocycles. The van der Waals surface area contributed by atoms with Gasteiger partial charge in [0.15, 0.2) is 0 Å². The Morgan fingerprint density at radius 3 is 2.50 bits per heavy atom. The molecule has 0 N–H and O–H groups in total. The first-order chi connectivity index (χ1) is 10.9. The smallest absolute Gasteiger partial charge is 0.0704 e. The molecule has 0 spiro atoms. The third-order valence-electron chi connectivity index (χ3n) is 3.84. The third-order valence-corrected chi connectivity index (χ3v) is 3.84. The third kappa shape index (κ3) is 2.37. The van der Waals surface area contributed by atoms with Crippen molar-refractivity contribution in [1.82, 2.24) is 14.8 Å². The SMILES string of the molecule is c1ccc2c(Cc3ccc(-n4cccn4)cc3)ccnc2c1. The summed E-state index contributed by atoms with van der Waals surface area (Å²) in [6.45, 7) is 0. The summed E-state index contributed by atoms with van der Waals surface area (Å²) in [5.41, 5.74) is 4.71. The minimum Gasteiger partial charge on any atom is -0.256 e. The van der Waals surface area contributed by atoms with Gasteiger partial charge in [-0.15, -0.1) is 0 Å². The molecule has 0 saturated heterocycles. The van der Waals surface area contributed by atoms with Gasteiger partial charge in [0.25, 0.3) is 0 Å². The van der Waals surface area contributed by atoms with E-state index in [1.807, 2.05) is 29.2 Å². The molecule has 106 valence electrons. The minimum absolute atomic E-state index is 0.905. The lowest BCUT2D eigenvalue weighted by Gasteiger charge is -2.07. The van der Waals surface area contributed by atoms with E-state index < -0.39 is 0 Å². The number of hydrogen-bond donors (Lipinski definition) is 0. The number of pyridine rings is 1. The molecule has 0 fully saturated rings. The number of hydrogen-bond acceptors (Lipinski definition) is 2. The largest absolute Gasteiger partial charge is 0.256 e. The molecular formula is C19H15N3. The molecule has 3 heteroatoms. The van der Waals surface area contributed by atoms with E-state index in [4.69, 9.17) is 0 Å². The summed E-state index contributed by atoms with van der Waals surface area (Å²) in [6, 6.07) is 20.8. The molecule has 2 aromatic heterocycles. The van der Waals surface area contributed by atoms with Crippen LogP contribution in [0.4, 0.5) is 0 Å². The van der Waals surface area contributed by atoms with E-state index in [0.29, 0.717) is 0 Å². The van der Waals surface area contributed by atoms with E-state index in [0.717, 1.165) is 17.6 Å². The van der Waals surface area contributed by atoms with Gasteiger partial charge in [0, 0.05) is 24.0 Å². The van der Waals surface area contributed by atoms with Gasteiger partial charge in [0.05, 0.1) is 11.2 Å². The molecule has 2 aromatic carbocycles. The number of para-hydroxylation sites is 1. The molecule has 22 heavy (non-hydrogen) atoms. The molecule has 4 aromatic rings. The molecule has 3 nitrogen and oxygen atoms in total. The molecule has 0 amide bonds. The topological polar surface area (TPSA) is 30.7 Å². The van der Waals surface area contributed by atoms with Crippen molar-refractivity contribution in [3.63, 3.8) is 0 Å². The van der Waals surface area contributed by atoms with Crippen LogP contribution in [0.2, 0.25) is 0 Å². The van der Waals surface area contributed by atoms with Crippen molar-refractivity contribution in [3.8, 4) is 5.69 Å². The molecule has 0 saturated carbocycles. The second kappa shape index (κ2) is 5.45. The van der Waals surface area contributed by atoms with Crippen LogP contribution >= 0.6 is 0 Å². The fourth-order valence-corrected chi connectivity index (χ4v) is 2.72. The molecule has 0 bridgehead atoms. The van der Waals surface area contributed by atoms with Crippen molar-refractivity contribution in [3.05, 3.63) is 90.4 Å². The Balaban J connectivity index is 1.65. The Bertz CT molecular complexity index is 888. The first kappa shape index (κ1) is 12.8. The normalized spacial score (nSPS) is 10.9. The van der Waals surface area contributed by atoms with Gasteiger partial charge < -0.3 is 0 Å². The van der Waals surface area contributed by atoms with Gasteiger partial charge in [0.1, 0.15) is 0 Å². The second-order valence-electron chi connectivity index (χ2n) is 5.28. The van der Waals surface area contributed by atoms with Crippen molar-refractivity contribution < 1.29 is 0 Å². The van der Waals surface area contributed by atoms with Crippen LogP contribution in [-0.4, -0.2) is 14.8 Å². The average Bonchev–Trinajstić information content (AvgIpc) is 3.10. The lowest BCUT2D eigenvalue weighted by Crippen LogP contribution is -1.95. The highest BCUT2D eigenvalue weighted by molar-refractivity contribution is 5.82. The van der Waals surface area contributed by atoms with Crippen LogP contribution in [-0.2, 0) is 6.42 Å². The maximum absolute atomic E-state index is 4.42. The number of nitrogens with zero attached hydrogens (tertiary/aromatic N) is 3. The number of aromatic nitrogens is 3. The predicted molar refractivity (Wildman–Crippen MR) is 88.1 cm³/mol. The Labute approximate surface area is 128 Å².